The third kappa shape index (κ3) is 4.88. The maximum atomic E-state index is 8.48. The monoisotopic (exact) mass is 600 g/mol. The average Bonchev–Trinajstić information content (AvgIpc) is 3.72. The van der Waals surface area contributed by atoms with Gasteiger partial charge in [-0.1, -0.05) is 135 Å². The molecule has 0 amide bonds. The highest BCUT2D eigenvalue weighted by Gasteiger charge is 2.35. The van der Waals surface area contributed by atoms with Gasteiger partial charge < -0.3 is 4.90 Å². The standard InChI is InChI=1S/C43H33NS/c1-43(2)39-16-10-9-15-37(39)38-26-21-34(29-40(38)43)41-27-28-42(45-41)44(35-22-17-32(18-23-35)30-11-5-3-6-12-30)36-24-19-33(20-25-36)31-13-7-4-8-14-31/h3-29H,1-2H3/i3D,5D,6D,11D,12D. The van der Waals surface area contributed by atoms with Crippen LogP contribution < -0.4 is 4.90 Å². The fraction of sp³-hybridized carbons (Fsp3) is 0.0698. The summed E-state index contributed by atoms with van der Waals surface area (Å²) in [4.78, 5) is 3.37. The highest BCUT2D eigenvalue weighted by molar-refractivity contribution is 7.19. The van der Waals surface area contributed by atoms with E-state index in [4.69, 9.17) is 6.85 Å². The van der Waals surface area contributed by atoms with Gasteiger partial charge in [0.15, 0.2) is 0 Å². The van der Waals surface area contributed by atoms with Crippen LogP contribution in [-0.4, -0.2) is 0 Å². The zero-order valence-corrected chi connectivity index (χ0v) is 25.9. The number of nitrogens with zero attached hydrogens (tertiary/aromatic N) is 1. The van der Waals surface area contributed by atoms with Crippen molar-refractivity contribution in [3.63, 3.8) is 0 Å². The fourth-order valence-corrected chi connectivity index (χ4v) is 7.51. The minimum Gasteiger partial charge on any atom is -0.302 e. The van der Waals surface area contributed by atoms with E-state index in [9.17, 15) is 0 Å². The van der Waals surface area contributed by atoms with Crippen molar-refractivity contribution in [1.29, 1.82) is 0 Å². The molecule has 0 unspecified atom stereocenters. The predicted octanol–water partition coefficient (Wildman–Crippen LogP) is 12.5. The van der Waals surface area contributed by atoms with Crippen molar-refractivity contribution in [2.75, 3.05) is 4.90 Å². The summed E-state index contributed by atoms with van der Waals surface area (Å²) in [6.07, 6.45) is 0. The fourth-order valence-electron chi connectivity index (χ4n) is 6.47. The number of rotatable bonds is 6. The van der Waals surface area contributed by atoms with Crippen molar-refractivity contribution < 1.29 is 6.85 Å². The highest BCUT2D eigenvalue weighted by Crippen LogP contribution is 2.50. The first-order chi connectivity index (χ1) is 24.1. The lowest BCUT2D eigenvalue weighted by atomic mass is 9.82. The van der Waals surface area contributed by atoms with Crippen molar-refractivity contribution in [3.8, 4) is 43.8 Å². The molecule has 0 atom stereocenters. The maximum absolute atomic E-state index is 8.48. The van der Waals surface area contributed by atoms with E-state index in [1.165, 1.54) is 27.8 Å². The van der Waals surface area contributed by atoms with Crippen LogP contribution in [-0.2, 0) is 5.41 Å². The summed E-state index contributed by atoms with van der Waals surface area (Å²) in [5.41, 5.74) is 11.3. The maximum Gasteiger partial charge on any atom is 0.101 e. The third-order valence-electron chi connectivity index (χ3n) is 8.83. The molecule has 0 spiro atoms. The Morgan fingerprint density at radius 3 is 1.80 bits per heavy atom. The predicted molar refractivity (Wildman–Crippen MR) is 193 cm³/mol. The smallest absolute Gasteiger partial charge is 0.101 e. The molecular formula is C43H33NS. The Kier molecular flexibility index (Phi) is 5.50. The molecule has 8 rings (SSSR count). The highest BCUT2D eigenvalue weighted by atomic mass is 32.1. The van der Waals surface area contributed by atoms with Crippen LogP contribution in [0.2, 0.25) is 0 Å². The van der Waals surface area contributed by atoms with Crippen molar-refractivity contribution in [1.82, 2.24) is 0 Å². The number of benzene rings is 6. The van der Waals surface area contributed by atoms with E-state index in [1.807, 2.05) is 42.5 Å². The molecule has 0 saturated carbocycles. The van der Waals surface area contributed by atoms with Gasteiger partial charge in [0.2, 0.25) is 0 Å². The Morgan fingerprint density at radius 2 is 1.09 bits per heavy atom. The summed E-state index contributed by atoms with van der Waals surface area (Å²) in [6, 6.07) is 44.8. The van der Waals surface area contributed by atoms with Gasteiger partial charge in [-0.05, 0) is 92.5 Å². The molecule has 0 N–H and O–H groups in total. The van der Waals surface area contributed by atoms with Crippen LogP contribution in [0.1, 0.15) is 31.8 Å². The van der Waals surface area contributed by atoms with E-state index >= 15 is 0 Å². The molecule has 45 heavy (non-hydrogen) atoms. The van der Waals surface area contributed by atoms with Crippen LogP contribution in [0.5, 0.6) is 0 Å². The summed E-state index contributed by atoms with van der Waals surface area (Å²) in [5, 5.41) is 1.03. The Labute approximate surface area is 276 Å². The second-order valence-corrected chi connectivity index (χ2v) is 12.9. The van der Waals surface area contributed by atoms with Crippen molar-refractivity contribution in [2.45, 2.75) is 19.3 Å². The summed E-state index contributed by atoms with van der Waals surface area (Å²) in [6.45, 7) is 4.60. The minimum absolute atomic E-state index is 0.0867. The topological polar surface area (TPSA) is 3.24 Å². The SMILES string of the molecule is [2H]c1c([2H])c([2H])c(-c2ccc(N(c3ccc(-c4ccccc4)cc3)c3ccc(-c4ccc5c(c4)C(C)(C)c4ccccc4-5)s3)cc2)c([2H])c1[2H]. The van der Waals surface area contributed by atoms with Crippen molar-refractivity contribution in [2.24, 2.45) is 0 Å². The van der Waals surface area contributed by atoms with Crippen LogP contribution in [0.4, 0.5) is 16.4 Å². The Morgan fingerprint density at radius 1 is 0.511 bits per heavy atom. The molecular weight excluding hydrogens is 563 g/mol. The first kappa shape index (κ1) is 22.3. The molecule has 0 bridgehead atoms. The van der Waals surface area contributed by atoms with Gasteiger partial charge in [0, 0.05) is 21.7 Å². The number of anilines is 3. The third-order valence-corrected chi connectivity index (χ3v) is 9.95. The van der Waals surface area contributed by atoms with Crippen LogP contribution in [0.3, 0.4) is 0 Å². The van der Waals surface area contributed by atoms with Gasteiger partial charge in [-0.25, -0.2) is 0 Å². The summed E-state index contributed by atoms with van der Waals surface area (Å²) < 4.78 is 41.3. The van der Waals surface area contributed by atoms with Crippen LogP contribution in [0, 0.1) is 0 Å². The van der Waals surface area contributed by atoms with Gasteiger partial charge >= 0.3 is 0 Å². The zero-order chi connectivity index (χ0) is 34.7. The number of fused-ring (bicyclic) bond motifs is 3. The first-order valence-corrected chi connectivity index (χ1v) is 15.9. The molecule has 0 radical (unpaired) electrons. The molecule has 2 heteroatoms. The van der Waals surface area contributed by atoms with E-state index in [0.29, 0.717) is 5.56 Å². The molecule has 1 nitrogen and oxygen atoms in total. The van der Waals surface area contributed by atoms with Gasteiger partial charge in [0.1, 0.15) is 5.00 Å². The van der Waals surface area contributed by atoms with Crippen LogP contribution in [0.15, 0.2) is 164 Å². The van der Waals surface area contributed by atoms with Gasteiger partial charge in [-0.2, -0.15) is 0 Å². The molecule has 6 aromatic carbocycles. The largest absolute Gasteiger partial charge is 0.302 e. The minimum atomic E-state index is -0.393. The molecule has 0 saturated heterocycles. The van der Waals surface area contributed by atoms with E-state index in [2.05, 4.69) is 110 Å². The van der Waals surface area contributed by atoms with Gasteiger partial charge in [-0.3, -0.25) is 0 Å². The Hall–Kier alpha value is -5.18. The van der Waals surface area contributed by atoms with E-state index < -0.39 is 6.04 Å². The molecule has 216 valence electrons. The number of thiophene rings is 1. The summed E-state index contributed by atoms with van der Waals surface area (Å²) >= 11 is 1.72. The lowest BCUT2D eigenvalue weighted by Crippen LogP contribution is -2.14. The summed E-state index contributed by atoms with van der Waals surface area (Å²) in [7, 11) is 0. The Bertz CT molecular complexity index is 2370. The van der Waals surface area contributed by atoms with E-state index in [0.717, 1.165) is 32.4 Å². The first-order valence-electron chi connectivity index (χ1n) is 17.6. The molecule has 1 aliphatic rings. The Balaban J connectivity index is 1.20. The second kappa shape index (κ2) is 11.1. The number of hydrogen-bond acceptors (Lipinski definition) is 2. The molecule has 0 fully saturated rings. The normalized spacial score (nSPS) is 14.4. The molecule has 1 aromatic heterocycles. The van der Waals surface area contributed by atoms with Crippen LogP contribution in [0.25, 0.3) is 43.8 Å². The van der Waals surface area contributed by atoms with E-state index in [-0.39, 0.29) is 35.1 Å². The van der Waals surface area contributed by atoms with E-state index in [1.54, 1.807) is 11.3 Å². The zero-order valence-electron chi connectivity index (χ0n) is 30.1. The number of hydrogen-bond donors (Lipinski definition) is 0. The molecule has 1 heterocycles. The van der Waals surface area contributed by atoms with Crippen molar-refractivity contribution in [3.05, 3.63) is 175 Å². The van der Waals surface area contributed by atoms with Crippen molar-refractivity contribution >= 4 is 27.7 Å². The second-order valence-electron chi connectivity index (χ2n) is 11.9. The quantitative estimate of drug-likeness (QED) is 0.183. The molecule has 1 aliphatic carbocycles. The lowest BCUT2D eigenvalue weighted by molar-refractivity contribution is 0.660. The molecule has 7 aromatic rings. The molecule has 0 aliphatic heterocycles. The summed E-state index contributed by atoms with van der Waals surface area (Å²) in [5.74, 6) is 0. The lowest BCUT2D eigenvalue weighted by Gasteiger charge is -2.24. The van der Waals surface area contributed by atoms with Gasteiger partial charge in [-0.15, -0.1) is 11.3 Å². The average molecular weight is 601 g/mol. The van der Waals surface area contributed by atoms with Gasteiger partial charge in [0.25, 0.3) is 0 Å². The van der Waals surface area contributed by atoms with Gasteiger partial charge in [0.05, 0.1) is 6.85 Å². The van der Waals surface area contributed by atoms with Crippen LogP contribution >= 0.6 is 11.3 Å².